The van der Waals surface area contributed by atoms with Crippen LogP contribution in [0.3, 0.4) is 0 Å². The summed E-state index contributed by atoms with van der Waals surface area (Å²) >= 11 is 4.64. The Morgan fingerprint density at radius 3 is 2.10 bits per heavy atom. The molecule has 0 spiro atoms. The molecule has 5 N–H and O–H groups in total. The quantitative estimate of drug-likeness (QED) is 0.539. The number of carboxylic acids is 1. The molecule has 0 unspecified atom stereocenters. The standard InChI is InChI=1S/C14H25NO4.C5H9NO2.C2H3ClO/c1-14(2,3)19-13(18)15-11(12(16)17)9-10-7-5-4-6-8-10;1-3-5(6)4(7)2-8-3;1-2(3)4/h10-11H,4-9H2,1-3H3,(H,15,18)(H,16,17);3,5H,2,6H2,1H3;1H3/p+1/t11-;3-,5-;/m00./s1. The number of Topliss-reactive ketones (excluding diaryl/α,β-unsaturated/α-hetero) is 1. The van der Waals surface area contributed by atoms with Gasteiger partial charge in [0.2, 0.25) is 11.0 Å². The molecule has 0 aromatic heterocycles. The maximum Gasteiger partial charge on any atom is 0.408 e. The van der Waals surface area contributed by atoms with Crippen LogP contribution in [0.25, 0.3) is 0 Å². The first-order valence-electron chi connectivity index (χ1n) is 10.6. The first kappa shape index (κ1) is 29.3. The van der Waals surface area contributed by atoms with Gasteiger partial charge in [-0.3, -0.25) is 9.59 Å². The molecule has 1 aliphatic heterocycles. The van der Waals surface area contributed by atoms with Gasteiger partial charge in [-0.15, -0.1) is 0 Å². The van der Waals surface area contributed by atoms with Crippen molar-refractivity contribution in [3.05, 3.63) is 0 Å². The number of nitrogens with one attached hydrogen (secondary N) is 1. The van der Waals surface area contributed by atoms with E-state index < -0.39 is 23.7 Å². The van der Waals surface area contributed by atoms with Gasteiger partial charge in [-0.1, -0.05) is 32.1 Å². The highest BCUT2D eigenvalue weighted by atomic mass is 35.5. The zero-order chi connectivity index (χ0) is 24.2. The summed E-state index contributed by atoms with van der Waals surface area (Å²) in [6, 6.07) is -0.979. The number of carboxylic acid groups (broad SMARTS) is 1. The average Bonchev–Trinajstić information content (AvgIpc) is 2.91. The summed E-state index contributed by atoms with van der Waals surface area (Å²) in [5, 5.41) is 11.3. The Morgan fingerprint density at radius 2 is 1.77 bits per heavy atom. The molecule has 1 heterocycles. The topological polar surface area (TPSA) is 147 Å². The molecular formula is C21H38ClN2O7+. The average molecular weight is 466 g/mol. The number of halogens is 1. The summed E-state index contributed by atoms with van der Waals surface area (Å²) in [5.41, 5.74) is 3.01. The largest absolute Gasteiger partial charge is 0.480 e. The Labute approximate surface area is 189 Å². The highest BCUT2D eigenvalue weighted by molar-refractivity contribution is 6.62. The van der Waals surface area contributed by atoms with E-state index in [4.69, 9.17) is 9.47 Å². The first-order valence-corrected chi connectivity index (χ1v) is 11.0. The van der Waals surface area contributed by atoms with E-state index in [0.29, 0.717) is 12.3 Å². The number of hydrogen-bond donors (Lipinski definition) is 3. The zero-order valence-corrected chi connectivity index (χ0v) is 20.0. The van der Waals surface area contributed by atoms with E-state index in [9.17, 15) is 24.3 Å². The van der Waals surface area contributed by atoms with Crippen LogP contribution in [0.1, 0.15) is 73.1 Å². The predicted molar refractivity (Wildman–Crippen MR) is 116 cm³/mol. The molecule has 1 saturated carbocycles. The lowest BCUT2D eigenvalue weighted by Gasteiger charge is -2.26. The second kappa shape index (κ2) is 14.4. The van der Waals surface area contributed by atoms with Gasteiger partial charge in [0.15, 0.2) is 6.04 Å². The third-order valence-electron chi connectivity index (χ3n) is 4.75. The lowest BCUT2D eigenvalue weighted by Crippen LogP contribution is -2.67. The van der Waals surface area contributed by atoms with Crippen molar-refractivity contribution in [3.8, 4) is 0 Å². The summed E-state index contributed by atoms with van der Waals surface area (Å²) in [4.78, 5) is 42.6. The minimum absolute atomic E-state index is 0.0301. The van der Waals surface area contributed by atoms with Crippen LogP contribution in [0.2, 0.25) is 0 Å². The molecule has 2 aliphatic rings. The van der Waals surface area contributed by atoms with Crippen LogP contribution in [0, 0.1) is 5.92 Å². The van der Waals surface area contributed by atoms with Crippen molar-refractivity contribution in [3.63, 3.8) is 0 Å². The molecule has 2 fully saturated rings. The van der Waals surface area contributed by atoms with Gasteiger partial charge in [-0.2, -0.15) is 0 Å². The molecule has 0 aromatic rings. The van der Waals surface area contributed by atoms with Gasteiger partial charge >= 0.3 is 12.1 Å². The van der Waals surface area contributed by atoms with Gasteiger partial charge in [0.25, 0.3) is 0 Å². The third-order valence-corrected chi connectivity index (χ3v) is 4.75. The Kier molecular flexibility index (Phi) is 13.6. The second-order valence-electron chi connectivity index (χ2n) is 8.84. The first-order chi connectivity index (χ1) is 14.2. The summed E-state index contributed by atoms with van der Waals surface area (Å²) in [6.07, 6.45) is 5.52. The van der Waals surface area contributed by atoms with Crippen LogP contribution in [0.4, 0.5) is 4.79 Å². The minimum Gasteiger partial charge on any atom is -0.480 e. The summed E-state index contributed by atoms with van der Waals surface area (Å²) in [6.45, 7) is 8.68. The molecule has 1 saturated heterocycles. The van der Waals surface area contributed by atoms with E-state index >= 15 is 0 Å². The maximum absolute atomic E-state index is 11.6. The fourth-order valence-corrected chi connectivity index (χ4v) is 3.13. The van der Waals surface area contributed by atoms with Gasteiger partial charge in [-0.05, 0) is 51.6 Å². The van der Waals surface area contributed by atoms with Crippen molar-refractivity contribution in [2.75, 3.05) is 6.61 Å². The number of alkyl carbamates (subject to hydrolysis) is 1. The van der Waals surface area contributed by atoms with E-state index in [1.165, 1.54) is 13.3 Å². The third kappa shape index (κ3) is 14.8. The molecule has 3 atom stereocenters. The molecule has 0 aromatic carbocycles. The van der Waals surface area contributed by atoms with Crippen molar-refractivity contribution >= 4 is 34.7 Å². The van der Waals surface area contributed by atoms with Crippen LogP contribution in [0.5, 0.6) is 0 Å². The molecular weight excluding hydrogens is 428 g/mol. The lowest BCUT2D eigenvalue weighted by atomic mass is 9.85. The van der Waals surface area contributed by atoms with Crippen LogP contribution in [0.15, 0.2) is 0 Å². The zero-order valence-electron chi connectivity index (χ0n) is 19.2. The van der Waals surface area contributed by atoms with E-state index in [1.807, 2.05) is 6.92 Å². The Hall–Kier alpha value is -1.71. The number of ketones is 1. The number of quaternary nitrogens is 1. The normalized spacial score (nSPS) is 22.2. The molecule has 1 amide bonds. The van der Waals surface area contributed by atoms with E-state index in [1.54, 1.807) is 20.8 Å². The smallest absolute Gasteiger partial charge is 0.408 e. The van der Waals surface area contributed by atoms with Gasteiger partial charge in [0.1, 0.15) is 24.4 Å². The van der Waals surface area contributed by atoms with Crippen LogP contribution in [-0.4, -0.2) is 58.6 Å². The highest BCUT2D eigenvalue weighted by Crippen LogP contribution is 2.27. The molecule has 180 valence electrons. The highest BCUT2D eigenvalue weighted by Gasteiger charge is 2.32. The molecule has 2 rings (SSSR count). The van der Waals surface area contributed by atoms with E-state index in [2.05, 4.69) is 22.7 Å². The number of hydrogen-bond acceptors (Lipinski definition) is 6. The van der Waals surface area contributed by atoms with Crippen molar-refractivity contribution in [1.82, 2.24) is 5.32 Å². The number of aliphatic carboxylic acids is 1. The van der Waals surface area contributed by atoms with Gasteiger partial charge in [0, 0.05) is 6.92 Å². The number of carbonyl (C=O) groups excluding carboxylic acids is 3. The number of ether oxygens (including phenoxy) is 2. The Morgan fingerprint density at radius 1 is 1.26 bits per heavy atom. The lowest BCUT2D eigenvalue weighted by molar-refractivity contribution is -0.411. The van der Waals surface area contributed by atoms with Crippen molar-refractivity contribution < 1.29 is 39.5 Å². The number of rotatable bonds is 4. The van der Waals surface area contributed by atoms with Crippen LogP contribution < -0.4 is 11.1 Å². The predicted octanol–water partition coefficient (Wildman–Crippen LogP) is 2.29. The molecule has 10 heteroatoms. The van der Waals surface area contributed by atoms with Gasteiger partial charge in [0.05, 0.1) is 0 Å². The van der Waals surface area contributed by atoms with E-state index in [0.717, 1.165) is 25.7 Å². The summed E-state index contributed by atoms with van der Waals surface area (Å²) in [7, 11) is 0. The molecule has 0 bridgehead atoms. The molecule has 9 nitrogen and oxygen atoms in total. The molecule has 31 heavy (non-hydrogen) atoms. The summed E-state index contributed by atoms with van der Waals surface area (Å²) < 4.78 is 10.1. The Bertz CT molecular complexity index is 597. The van der Waals surface area contributed by atoms with Gasteiger partial charge < -0.3 is 25.6 Å². The monoisotopic (exact) mass is 465 g/mol. The number of amides is 1. The summed E-state index contributed by atoms with van der Waals surface area (Å²) in [5.74, 6) is -0.473. The fraction of sp³-hybridized carbons (Fsp3) is 0.810. The van der Waals surface area contributed by atoms with Crippen LogP contribution >= 0.6 is 11.6 Å². The number of carbonyl (C=O) groups is 4. The second-order valence-corrected chi connectivity index (χ2v) is 9.37. The molecule has 1 aliphatic carbocycles. The maximum atomic E-state index is 11.6. The molecule has 0 radical (unpaired) electrons. The van der Waals surface area contributed by atoms with Crippen molar-refractivity contribution in [2.24, 2.45) is 5.92 Å². The Balaban J connectivity index is 0.000000613. The van der Waals surface area contributed by atoms with Crippen molar-refractivity contribution in [1.29, 1.82) is 0 Å². The van der Waals surface area contributed by atoms with Crippen LogP contribution in [-0.2, 0) is 23.9 Å². The minimum atomic E-state index is -0.989. The van der Waals surface area contributed by atoms with E-state index in [-0.39, 0.29) is 29.8 Å². The SMILES string of the molecule is CC(=O)Cl.CC(C)(C)OC(=O)N[C@@H](CC1CCCCC1)C(=O)O.C[C@@H]1OCC(=O)[C@H]1[NH3+]. The van der Waals surface area contributed by atoms with Crippen molar-refractivity contribution in [2.45, 2.75) is 96.9 Å². The van der Waals surface area contributed by atoms with Gasteiger partial charge in [-0.25, -0.2) is 9.59 Å². The fourth-order valence-electron chi connectivity index (χ4n) is 3.13.